The fourth-order valence-corrected chi connectivity index (χ4v) is 3.59. The molecule has 128 valence electrons. The molecule has 0 aromatic carbocycles. The van der Waals surface area contributed by atoms with Crippen LogP contribution in [0.1, 0.15) is 61.7 Å². The van der Waals surface area contributed by atoms with Crippen molar-refractivity contribution < 1.29 is 14.7 Å². The van der Waals surface area contributed by atoms with E-state index in [4.69, 9.17) is 0 Å². The minimum absolute atomic E-state index is 0.0778. The fourth-order valence-electron chi connectivity index (χ4n) is 2.60. The summed E-state index contributed by atoms with van der Waals surface area (Å²) in [6.45, 7) is 7.67. The number of amides is 2. The average Bonchev–Trinajstić information content (AvgIpc) is 3.02. The van der Waals surface area contributed by atoms with Crippen molar-refractivity contribution in [3.8, 4) is 0 Å². The van der Waals surface area contributed by atoms with E-state index in [2.05, 4.69) is 10.6 Å². The van der Waals surface area contributed by atoms with Crippen molar-refractivity contribution in [1.29, 1.82) is 0 Å². The Morgan fingerprint density at radius 2 is 1.91 bits per heavy atom. The van der Waals surface area contributed by atoms with Crippen molar-refractivity contribution in [2.75, 3.05) is 11.9 Å². The van der Waals surface area contributed by atoms with Gasteiger partial charge in [0.15, 0.2) is 0 Å². The predicted molar refractivity (Wildman–Crippen MR) is 92.9 cm³/mol. The summed E-state index contributed by atoms with van der Waals surface area (Å²) in [7, 11) is 0. The zero-order chi connectivity index (χ0) is 17.3. The van der Waals surface area contributed by atoms with E-state index < -0.39 is 11.0 Å². The van der Waals surface area contributed by atoms with Gasteiger partial charge >= 0.3 is 0 Å². The number of aryl methyl sites for hydroxylation is 1. The first-order chi connectivity index (χ1) is 10.6. The summed E-state index contributed by atoms with van der Waals surface area (Å²) in [5.41, 5.74) is -0.411. The maximum absolute atomic E-state index is 12.3. The van der Waals surface area contributed by atoms with Gasteiger partial charge in [0.2, 0.25) is 5.91 Å². The van der Waals surface area contributed by atoms with Crippen LogP contribution in [0.2, 0.25) is 0 Å². The molecule has 1 aromatic rings. The minimum atomic E-state index is -0.760. The van der Waals surface area contributed by atoms with Gasteiger partial charge in [-0.25, -0.2) is 0 Å². The molecule has 0 radical (unpaired) electrons. The molecule has 1 aliphatic carbocycles. The van der Waals surface area contributed by atoms with Gasteiger partial charge in [0.05, 0.1) is 15.5 Å². The van der Waals surface area contributed by atoms with Crippen molar-refractivity contribution in [1.82, 2.24) is 5.32 Å². The van der Waals surface area contributed by atoms with E-state index in [0.717, 1.165) is 31.2 Å². The van der Waals surface area contributed by atoms with E-state index in [1.807, 2.05) is 33.8 Å². The Hall–Kier alpha value is -1.40. The maximum atomic E-state index is 12.3. The first-order valence-electron chi connectivity index (χ1n) is 8.03. The molecule has 1 aliphatic rings. The Morgan fingerprint density at radius 1 is 1.30 bits per heavy atom. The highest BCUT2D eigenvalue weighted by atomic mass is 32.1. The van der Waals surface area contributed by atoms with Gasteiger partial charge in [0, 0.05) is 12.0 Å². The van der Waals surface area contributed by atoms with Crippen LogP contribution in [0.25, 0.3) is 0 Å². The Labute approximate surface area is 141 Å². The second-order valence-corrected chi connectivity index (χ2v) is 8.49. The number of hydrogen-bond acceptors (Lipinski definition) is 4. The Balaban J connectivity index is 2.00. The number of thiophene rings is 1. The van der Waals surface area contributed by atoms with Crippen LogP contribution in [0.3, 0.4) is 0 Å². The topological polar surface area (TPSA) is 78.4 Å². The molecule has 0 spiro atoms. The van der Waals surface area contributed by atoms with Crippen molar-refractivity contribution in [2.24, 2.45) is 5.41 Å². The standard InChI is InChI=1S/C17H26N2O3S/c1-11-9-12(19-15(21)16(2,3)4)23-13(11)14(20)18-10-17(22)7-5-6-8-17/h9,22H,5-8,10H2,1-4H3,(H,18,20)(H,19,21). The van der Waals surface area contributed by atoms with Crippen molar-refractivity contribution >= 4 is 28.2 Å². The predicted octanol–water partition coefficient (Wildman–Crippen LogP) is 3.08. The lowest BCUT2D eigenvalue weighted by atomic mass is 9.96. The highest BCUT2D eigenvalue weighted by Crippen LogP contribution is 2.30. The molecule has 1 aromatic heterocycles. The summed E-state index contributed by atoms with van der Waals surface area (Å²) in [5, 5.41) is 16.7. The second kappa shape index (κ2) is 6.61. The van der Waals surface area contributed by atoms with Crippen LogP contribution in [0, 0.1) is 12.3 Å². The highest BCUT2D eigenvalue weighted by molar-refractivity contribution is 7.18. The SMILES string of the molecule is Cc1cc(NC(=O)C(C)(C)C)sc1C(=O)NCC1(O)CCCC1. The minimum Gasteiger partial charge on any atom is -0.388 e. The number of anilines is 1. The summed E-state index contributed by atoms with van der Waals surface area (Å²) in [5.74, 6) is -0.268. The highest BCUT2D eigenvalue weighted by Gasteiger charge is 2.31. The first-order valence-corrected chi connectivity index (χ1v) is 8.85. The maximum Gasteiger partial charge on any atom is 0.261 e. The average molecular weight is 338 g/mol. The van der Waals surface area contributed by atoms with Crippen LogP contribution in [-0.2, 0) is 4.79 Å². The van der Waals surface area contributed by atoms with E-state index in [1.165, 1.54) is 11.3 Å². The number of nitrogens with one attached hydrogen (secondary N) is 2. The molecule has 5 nitrogen and oxygen atoms in total. The van der Waals surface area contributed by atoms with Crippen LogP contribution in [-0.4, -0.2) is 29.1 Å². The summed E-state index contributed by atoms with van der Waals surface area (Å²) >= 11 is 1.27. The first kappa shape index (κ1) is 17.9. The molecule has 0 atom stereocenters. The smallest absolute Gasteiger partial charge is 0.261 e. The number of rotatable bonds is 4. The molecule has 3 N–H and O–H groups in total. The van der Waals surface area contributed by atoms with Crippen molar-refractivity contribution in [3.63, 3.8) is 0 Å². The van der Waals surface area contributed by atoms with Crippen LogP contribution >= 0.6 is 11.3 Å². The van der Waals surface area contributed by atoms with Crippen LogP contribution < -0.4 is 10.6 Å². The summed E-state index contributed by atoms with van der Waals surface area (Å²) in [6.07, 6.45) is 3.49. The molecule has 1 saturated carbocycles. The third-order valence-electron chi connectivity index (χ3n) is 4.15. The number of aliphatic hydroxyl groups is 1. The zero-order valence-electron chi connectivity index (χ0n) is 14.3. The molecule has 1 fully saturated rings. The molecule has 0 bridgehead atoms. The van der Waals surface area contributed by atoms with E-state index >= 15 is 0 Å². The van der Waals surface area contributed by atoms with Crippen molar-refractivity contribution in [3.05, 3.63) is 16.5 Å². The molecule has 0 unspecified atom stereocenters. The molecule has 0 saturated heterocycles. The molecule has 0 aliphatic heterocycles. The van der Waals surface area contributed by atoms with E-state index in [0.29, 0.717) is 9.88 Å². The summed E-state index contributed by atoms with van der Waals surface area (Å²) in [4.78, 5) is 24.9. The van der Waals surface area contributed by atoms with Crippen molar-refractivity contribution in [2.45, 2.75) is 59.0 Å². The molecule has 23 heavy (non-hydrogen) atoms. The van der Waals surface area contributed by atoms with Gasteiger partial charge in [-0.2, -0.15) is 0 Å². The monoisotopic (exact) mass is 338 g/mol. The van der Waals surface area contributed by atoms with E-state index in [9.17, 15) is 14.7 Å². The summed E-state index contributed by atoms with van der Waals surface area (Å²) < 4.78 is 0. The van der Waals surface area contributed by atoms with Crippen LogP contribution in [0.4, 0.5) is 5.00 Å². The van der Waals surface area contributed by atoms with Gasteiger partial charge in [0.25, 0.3) is 5.91 Å². The van der Waals surface area contributed by atoms with Gasteiger partial charge in [-0.05, 0) is 31.4 Å². The van der Waals surface area contributed by atoms with Gasteiger partial charge < -0.3 is 15.7 Å². The Bertz CT molecular complexity index is 595. The second-order valence-electron chi connectivity index (χ2n) is 7.44. The number of carbonyl (C=O) groups is 2. The fraction of sp³-hybridized carbons (Fsp3) is 0.647. The van der Waals surface area contributed by atoms with Gasteiger partial charge in [-0.15, -0.1) is 11.3 Å². The van der Waals surface area contributed by atoms with Gasteiger partial charge in [-0.3, -0.25) is 9.59 Å². The van der Waals surface area contributed by atoms with Crippen LogP contribution in [0.15, 0.2) is 6.07 Å². The zero-order valence-corrected chi connectivity index (χ0v) is 15.1. The lowest BCUT2D eigenvalue weighted by molar-refractivity contribution is -0.123. The number of carbonyl (C=O) groups excluding carboxylic acids is 2. The molecule has 6 heteroatoms. The largest absolute Gasteiger partial charge is 0.388 e. The summed E-state index contributed by atoms with van der Waals surface area (Å²) in [6, 6.07) is 1.81. The normalized spacial score (nSPS) is 17.1. The van der Waals surface area contributed by atoms with Crippen LogP contribution in [0.5, 0.6) is 0 Å². The molecular formula is C17H26N2O3S. The lowest BCUT2D eigenvalue weighted by Gasteiger charge is -2.22. The molecule has 1 heterocycles. The molecule has 2 rings (SSSR count). The van der Waals surface area contributed by atoms with E-state index in [1.54, 1.807) is 0 Å². The van der Waals surface area contributed by atoms with E-state index in [-0.39, 0.29) is 18.4 Å². The van der Waals surface area contributed by atoms with Gasteiger partial charge in [-0.1, -0.05) is 33.6 Å². The Kier molecular flexibility index (Phi) is 5.16. The quantitative estimate of drug-likeness (QED) is 0.789. The lowest BCUT2D eigenvalue weighted by Crippen LogP contribution is -2.40. The molecule has 2 amide bonds. The third-order valence-corrected chi connectivity index (χ3v) is 5.31. The van der Waals surface area contributed by atoms with Gasteiger partial charge in [0.1, 0.15) is 0 Å². The Morgan fingerprint density at radius 3 is 2.48 bits per heavy atom. The number of hydrogen-bond donors (Lipinski definition) is 3. The third kappa shape index (κ3) is 4.54. The molecular weight excluding hydrogens is 312 g/mol.